The second-order valence-corrected chi connectivity index (χ2v) is 6.82. The van der Waals surface area contributed by atoms with E-state index in [2.05, 4.69) is 4.90 Å². The Labute approximate surface area is 161 Å². The minimum atomic E-state index is -0.637. The number of aromatic nitrogens is 1. The van der Waals surface area contributed by atoms with E-state index in [9.17, 15) is 14.4 Å². The van der Waals surface area contributed by atoms with Crippen molar-refractivity contribution < 1.29 is 9.21 Å². The van der Waals surface area contributed by atoms with Crippen molar-refractivity contribution in [3.8, 4) is 0 Å². The van der Waals surface area contributed by atoms with Crippen LogP contribution in [0.25, 0.3) is 11.0 Å². The van der Waals surface area contributed by atoms with Gasteiger partial charge in [-0.1, -0.05) is 30.3 Å². The number of piperazine rings is 1. The summed E-state index contributed by atoms with van der Waals surface area (Å²) in [5.74, 6) is -0.603. The van der Waals surface area contributed by atoms with Gasteiger partial charge in [-0.05, 0) is 24.3 Å². The standard InChI is InChI=1S/C21H21N3O4/c25-19(16-6-2-1-3-7-16)23-13-10-22(11-14-23)12-15-24-20(26)17-8-4-5-9-18(17)28-21(24)27/h1-9H,10-15H2. The summed E-state index contributed by atoms with van der Waals surface area (Å²) in [6, 6.07) is 16.0. The van der Waals surface area contributed by atoms with Gasteiger partial charge in [-0.3, -0.25) is 14.5 Å². The van der Waals surface area contributed by atoms with E-state index in [1.807, 2.05) is 35.2 Å². The highest BCUT2D eigenvalue weighted by molar-refractivity contribution is 5.94. The van der Waals surface area contributed by atoms with Crippen molar-refractivity contribution in [2.45, 2.75) is 6.54 Å². The highest BCUT2D eigenvalue weighted by Crippen LogP contribution is 2.09. The number of nitrogens with zero attached hydrogens (tertiary/aromatic N) is 3. The second-order valence-electron chi connectivity index (χ2n) is 6.82. The molecule has 7 heteroatoms. The molecule has 1 fully saturated rings. The number of para-hydroxylation sites is 1. The van der Waals surface area contributed by atoms with Crippen LogP contribution in [0.4, 0.5) is 0 Å². The molecule has 28 heavy (non-hydrogen) atoms. The normalized spacial score (nSPS) is 15.1. The summed E-state index contributed by atoms with van der Waals surface area (Å²) in [6.45, 7) is 3.46. The number of carbonyl (C=O) groups is 1. The molecule has 7 nitrogen and oxygen atoms in total. The Morgan fingerprint density at radius 2 is 1.54 bits per heavy atom. The Morgan fingerprint density at radius 1 is 0.857 bits per heavy atom. The lowest BCUT2D eigenvalue weighted by molar-refractivity contribution is 0.0632. The molecule has 2 heterocycles. The molecule has 1 amide bonds. The first-order valence-electron chi connectivity index (χ1n) is 9.33. The molecule has 0 aliphatic carbocycles. The molecule has 3 aromatic rings. The molecule has 144 valence electrons. The molecular formula is C21H21N3O4. The van der Waals surface area contributed by atoms with E-state index in [1.54, 1.807) is 24.3 Å². The lowest BCUT2D eigenvalue weighted by Crippen LogP contribution is -2.50. The van der Waals surface area contributed by atoms with Gasteiger partial charge >= 0.3 is 5.76 Å². The highest BCUT2D eigenvalue weighted by Gasteiger charge is 2.22. The topological polar surface area (TPSA) is 75.8 Å². The van der Waals surface area contributed by atoms with Crippen LogP contribution in [0.3, 0.4) is 0 Å². The smallest absolute Gasteiger partial charge is 0.409 e. The first kappa shape index (κ1) is 18.2. The predicted molar refractivity (Wildman–Crippen MR) is 106 cm³/mol. The number of fused-ring (bicyclic) bond motifs is 1. The largest absolute Gasteiger partial charge is 0.422 e. The van der Waals surface area contributed by atoms with Gasteiger partial charge in [-0.25, -0.2) is 9.36 Å². The van der Waals surface area contributed by atoms with Crippen LogP contribution in [0.5, 0.6) is 0 Å². The van der Waals surface area contributed by atoms with Gasteiger partial charge < -0.3 is 9.32 Å². The van der Waals surface area contributed by atoms with Crippen molar-refractivity contribution in [2.24, 2.45) is 0 Å². The summed E-state index contributed by atoms with van der Waals surface area (Å²) in [7, 11) is 0. The fourth-order valence-corrected chi connectivity index (χ4v) is 3.48. The molecule has 0 spiro atoms. The fourth-order valence-electron chi connectivity index (χ4n) is 3.48. The van der Waals surface area contributed by atoms with Crippen molar-refractivity contribution in [1.29, 1.82) is 0 Å². The van der Waals surface area contributed by atoms with Crippen molar-refractivity contribution in [3.63, 3.8) is 0 Å². The van der Waals surface area contributed by atoms with Gasteiger partial charge in [-0.15, -0.1) is 0 Å². The minimum Gasteiger partial charge on any atom is -0.409 e. The van der Waals surface area contributed by atoms with Crippen LogP contribution in [-0.2, 0) is 6.54 Å². The molecule has 0 bridgehead atoms. The predicted octanol–water partition coefficient (Wildman–Crippen LogP) is 1.41. The maximum Gasteiger partial charge on any atom is 0.422 e. The maximum atomic E-state index is 12.6. The molecule has 1 aliphatic rings. The number of carbonyl (C=O) groups excluding carboxylic acids is 1. The third-order valence-electron chi connectivity index (χ3n) is 5.10. The van der Waals surface area contributed by atoms with E-state index in [4.69, 9.17) is 4.42 Å². The Kier molecular flexibility index (Phi) is 5.08. The molecule has 0 unspecified atom stereocenters. The zero-order valence-corrected chi connectivity index (χ0v) is 15.4. The zero-order valence-electron chi connectivity index (χ0n) is 15.4. The monoisotopic (exact) mass is 379 g/mol. The summed E-state index contributed by atoms with van der Waals surface area (Å²) in [6.07, 6.45) is 0. The molecular weight excluding hydrogens is 358 g/mol. The maximum absolute atomic E-state index is 12.6. The van der Waals surface area contributed by atoms with Gasteiger partial charge in [0.25, 0.3) is 11.5 Å². The SMILES string of the molecule is O=C(c1ccccc1)N1CCN(CCn2c(=O)oc3ccccc3c2=O)CC1. The van der Waals surface area contributed by atoms with Gasteiger partial charge in [0.15, 0.2) is 0 Å². The molecule has 2 aromatic carbocycles. The minimum absolute atomic E-state index is 0.0339. The average molecular weight is 379 g/mol. The first-order chi connectivity index (χ1) is 13.6. The van der Waals surface area contributed by atoms with Crippen molar-refractivity contribution in [3.05, 3.63) is 81.1 Å². The van der Waals surface area contributed by atoms with Gasteiger partial charge in [-0.2, -0.15) is 0 Å². The van der Waals surface area contributed by atoms with E-state index in [0.717, 1.165) is 4.57 Å². The Bertz CT molecular complexity index is 1100. The summed E-state index contributed by atoms with van der Waals surface area (Å²) < 4.78 is 6.39. The van der Waals surface area contributed by atoms with Gasteiger partial charge in [0, 0.05) is 44.8 Å². The van der Waals surface area contributed by atoms with E-state index in [1.165, 1.54) is 0 Å². The van der Waals surface area contributed by atoms with Crippen LogP contribution in [0.15, 0.2) is 68.6 Å². The zero-order chi connectivity index (χ0) is 19.5. The summed E-state index contributed by atoms with van der Waals surface area (Å²) in [4.78, 5) is 41.2. The van der Waals surface area contributed by atoms with Gasteiger partial charge in [0.05, 0.1) is 5.39 Å². The van der Waals surface area contributed by atoms with E-state index < -0.39 is 5.76 Å². The summed E-state index contributed by atoms with van der Waals surface area (Å²) in [5, 5.41) is 0.403. The highest BCUT2D eigenvalue weighted by atomic mass is 16.4. The number of amides is 1. The van der Waals surface area contributed by atoms with Crippen LogP contribution in [0, 0.1) is 0 Å². The molecule has 0 saturated carbocycles. The van der Waals surface area contributed by atoms with Crippen LogP contribution >= 0.6 is 0 Å². The van der Waals surface area contributed by atoms with Crippen LogP contribution in [-0.4, -0.2) is 53.0 Å². The molecule has 1 aromatic heterocycles. The second kappa shape index (κ2) is 7.82. The lowest BCUT2D eigenvalue weighted by Gasteiger charge is -2.34. The number of benzene rings is 2. The first-order valence-corrected chi connectivity index (χ1v) is 9.33. The quantitative estimate of drug-likeness (QED) is 0.685. The molecule has 0 radical (unpaired) electrons. The van der Waals surface area contributed by atoms with E-state index in [0.29, 0.717) is 49.3 Å². The average Bonchev–Trinajstić information content (AvgIpc) is 2.74. The number of hydrogen-bond acceptors (Lipinski definition) is 5. The molecule has 0 N–H and O–H groups in total. The van der Waals surface area contributed by atoms with Crippen molar-refractivity contribution >= 4 is 16.9 Å². The van der Waals surface area contributed by atoms with Crippen LogP contribution in [0.2, 0.25) is 0 Å². The fraction of sp³-hybridized carbons (Fsp3) is 0.286. The van der Waals surface area contributed by atoms with Crippen LogP contribution < -0.4 is 11.3 Å². The Balaban J connectivity index is 1.39. The van der Waals surface area contributed by atoms with Crippen molar-refractivity contribution in [2.75, 3.05) is 32.7 Å². The van der Waals surface area contributed by atoms with E-state index >= 15 is 0 Å². The third-order valence-corrected chi connectivity index (χ3v) is 5.10. The molecule has 0 atom stereocenters. The van der Waals surface area contributed by atoms with Crippen LogP contribution in [0.1, 0.15) is 10.4 Å². The summed E-state index contributed by atoms with van der Waals surface area (Å²) in [5.41, 5.74) is 0.669. The van der Waals surface area contributed by atoms with E-state index in [-0.39, 0.29) is 18.0 Å². The lowest BCUT2D eigenvalue weighted by atomic mass is 10.2. The molecule has 4 rings (SSSR count). The molecule has 1 saturated heterocycles. The number of hydrogen-bond donors (Lipinski definition) is 0. The van der Waals surface area contributed by atoms with Crippen molar-refractivity contribution in [1.82, 2.24) is 14.4 Å². The summed E-state index contributed by atoms with van der Waals surface area (Å²) >= 11 is 0. The third kappa shape index (κ3) is 3.61. The molecule has 1 aliphatic heterocycles. The van der Waals surface area contributed by atoms with Gasteiger partial charge in [0.1, 0.15) is 5.58 Å². The Hall–Kier alpha value is -3.19. The van der Waals surface area contributed by atoms with Gasteiger partial charge in [0.2, 0.25) is 0 Å². The Morgan fingerprint density at radius 3 is 2.29 bits per heavy atom. The number of rotatable bonds is 4.